The number of rotatable bonds is 3. The lowest BCUT2D eigenvalue weighted by atomic mass is 10.2. The fourth-order valence-corrected chi connectivity index (χ4v) is 1.01. The second-order valence-corrected chi connectivity index (χ2v) is 3.17. The zero-order valence-corrected chi connectivity index (χ0v) is 7.57. The molecule has 0 saturated carbocycles. The standard InChI is InChI=1S/C8H12N2O3/c1-5(2)10-4-6(3-7(11)12)8(13)9-10/h4-5H,3H2,1-2H3,(H,9,13)(H,11,12). The number of aromatic amines is 1. The lowest BCUT2D eigenvalue weighted by Crippen LogP contribution is -2.11. The summed E-state index contributed by atoms with van der Waals surface area (Å²) in [6.45, 7) is 3.81. The van der Waals surface area contributed by atoms with Gasteiger partial charge in [0.2, 0.25) is 0 Å². The van der Waals surface area contributed by atoms with Crippen molar-refractivity contribution in [2.24, 2.45) is 0 Å². The topological polar surface area (TPSA) is 75.1 Å². The van der Waals surface area contributed by atoms with Gasteiger partial charge in [-0.1, -0.05) is 0 Å². The molecule has 0 aliphatic heterocycles. The molecule has 13 heavy (non-hydrogen) atoms. The Bertz CT molecular complexity index is 362. The first-order valence-corrected chi connectivity index (χ1v) is 4.02. The van der Waals surface area contributed by atoms with Crippen LogP contribution in [0.2, 0.25) is 0 Å². The number of carbonyl (C=O) groups is 1. The van der Waals surface area contributed by atoms with Crippen LogP contribution < -0.4 is 5.56 Å². The predicted molar refractivity (Wildman–Crippen MR) is 46.8 cm³/mol. The first-order chi connectivity index (χ1) is 6.00. The van der Waals surface area contributed by atoms with Crippen LogP contribution in [0.4, 0.5) is 0 Å². The summed E-state index contributed by atoms with van der Waals surface area (Å²) < 4.78 is 1.60. The van der Waals surface area contributed by atoms with Gasteiger partial charge >= 0.3 is 5.97 Å². The fourth-order valence-electron chi connectivity index (χ4n) is 1.01. The van der Waals surface area contributed by atoms with E-state index in [9.17, 15) is 9.59 Å². The number of aliphatic carboxylic acids is 1. The first-order valence-electron chi connectivity index (χ1n) is 4.02. The lowest BCUT2D eigenvalue weighted by molar-refractivity contribution is -0.136. The maximum Gasteiger partial charge on any atom is 0.308 e. The van der Waals surface area contributed by atoms with Crippen LogP contribution in [0.25, 0.3) is 0 Å². The van der Waals surface area contributed by atoms with E-state index in [1.165, 1.54) is 0 Å². The van der Waals surface area contributed by atoms with Gasteiger partial charge in [0.1, 0.15) is 0 Å². The van der Waals surface area contributed by atoms with Gasteiger partial charge in [0.05, 0.1) is 6.42 Å². The minimum atomic E-state index is -0.994. The Morgan fingerprint density at radius 1 is 1.69 bits per heavy atom. The van der Waals surface area contributed by atoms with E-state index in [-0.39, 0.29) is 18.0 Å². The van der Waals surface area contributed by atoms with Gasteiger partial charge in [-0.05, 0) is 13.8 Å². The Hall–Kier alpha value is -1.52. The number of H-pyrrole nitrogens is 1. The van der Waals surface area contributed by atoms with Crippen LogP contribution in [-0.4, -0.2) is 20.9 Å². The van der Waals surface area contributed by atoms with E-state index in [2.05, 4.69) is 5.10 Å². The highest BCUT2D eigenvalue weighted by atomic mass is 16.4. The van der Waals surface area contributed by atoms with Crippen LogP contribution in [-0.2, 0) is 11.2 Å². The van der Waals surface area contributed by atoms with Crippen LogP contribution in [0.3, 0.4) is 0 Å². The molecular weight excluding hydrogens is 172 g/mol. The molecule has 0 bridgehead atoms. The third kappa shape index (κ3) is 2.21. The molecule has 1 aromatic heterocycles. The van der Waals surface area contributed by atoms with Crippen molar-refractivity contribution in [3.63, 3.8) is 0 Å². The number of hydrogen-bond acceptors (Lipinski definition) is 2. The Morgan fingerprint density at radius 3 is 2.69 bits per heavy atom. The summed E-state index contributed by atoms with van der Waals surface area (Å²) in [5.74, 6) is -0.994. The average Bonchev–Trinajstić information content (AvgIpc) is 2.31. The van der Waals surface area contributed by atoms with E-state index in [0.717, 1.165) is 0 Å². The zero-order valence-electron chi connectivity index (χ0n) is 7.57. The third-order valence-corrected chi connectivity index (χ3v) is 1.72. The van der Waals surface area contributed by atoms with E-state index >= 15 is 0 Å². The molecule has 0 spiro atoms. The summed E-state index contributed by atoms with van der Waals surface area (Å²) in [5, 5.41) is 11.0. The molecule has 0 radical (unpaired) electrons. The molecule has 0 unspecified atom stereocenters. The molecule has 2 N–H and O–H groups in total. The van der Waals surface area contributed by atoms with E-state index in [1.807, 2.05) is 13.8 Å². The average molecular weight is 184 g/mol. The van der Waals surface area contributed by atoms with E-state index in [0.29, 0.717) is 5.56 Å². The largest absolute Gasteiger partial charge is 0.481 e. The van der Waals surface area contributed by atoms with Crippen molar-refractivity contribution in [1.29, 1.82) is 0 Å². The van der Waals surface area contributed by atoms with Crippen molar-refractivity contribution in [1.82, 2.24) is 9.78 Å². The van der Waals surface area contributed by atoms with Crippen molar-refractivity contribution in [2.75, 3.05) is 0 Å². The summed E-state index contributed by atoms with van der Waals surface area (Å²) in [7, 11) is 0. The maximum absolute atomic E-state index is 11.1. The number of carboxylic acids is 1. The van der Waals surface area contributed by atoms with Crippen LogP contribution in [0, 0.1) is 0 Å². The zero-order chi connectivity index (χ0) is 10.0. The van der Waals surface area contributed by atoms with Crippen molar-refractivity contribution >= 4 is 5.97 Å². The predicted octanol–water partition coefficient (Wildman–Crippen LogP) is 0.384. The summed E-state index contributed by atoms with van der Waals surface area (Å²) in [6, 6.07) is 0.134. The minimum absolute atomic E-state index is 0.134. The number of nitrogens with one attached hydrogen (secondary N) is 1. The molecule has 0 saturated heterocycles. The molecule has 0 aliphatic carbocycles. The number of hydrogen-bond donors (Lipinski definition) is 2. The maximum atomic E-state index is 11.1. The number of nitrogens with zero attached hydrogens (tertiary/aromatic N) is 1. The summed E-state index contributed by atoms with van der Waals surface area (Å²) in [6.07, 6.45) is 1.32. The van der Waals surface area contributed by atoms with Crippen molar-refractivity contribution in [3.05, 3.63) is 22.1 Å². The van der Waals surface area contributed by atoms with E-state index in [4.69, 9.17) is 5.11 Å². The normalized spacial score (nSPS) is 10.7. The Morgan fingerprint density at radius 2 is 2.31 bits per heavy atom. The Labute approximate surface area is 75.0 Å². The second-order valence-electron chi connectivity index (χ2n) is 3.17. The molecule has 1 rings (SSSR count). The van der Waals surface area contributed by atoms with Gasteiger partial charge in [-0.2, -0.15) is 0 Å². The molecule has 0 amide bonds. The monoisotopic (exact) mass is 184 g/mol. The van der Waals surface area contributed by atoms with Crippen LogP contribution >= 0.6 is 0 Å². The van der Waals surface area contributed by atoms with Gasteiger partial charge in [0, 0.05) is 17.8 Å². The van der Waals surface area contributed by atoms with E-state index in [1.54, 1.807) is 10.9 Å². The lowest BCUT2D eigenvalue weighted by Gasteiger charge is -2.03. The summed E-state index contributed by atoms with van der Waals surface area (Å²) in [4.78, 5) is 21.5. The number of aromatic nitrogens is 2. The highest BCUT2D eigenvalue weighted by molar-refractivity contribution is 5.69. The SMILES string of the molecule is CC(C)n1cc(CC(=O)O)c(=O)[nH]1. The van der Waals surface area contributed by atoms with Crippen LogP contribution in [0.15, 0.2) is 11.0 Å². The van der Waals surface area contributed by atoms with Crippen molar-refractivity contribution < 1.29 is 9.90 Å². The molecule has 0 aromatic carbocycles. The molecule has 0 atom stereocenters. The summed E-state index contributed by atoms with van der Waals surface area (Å²) in [5.41, 5.74) is -0.0303. The molecule has 72 valence electrons. The number of carboxylic acid groups (broad SMARTS) is 1. The van der Waals surface area contributed by atoms with Gasteiger partial charge in [-0.15, -0.1) is 0 Å². The highest BCUT2D eigenvalue weighted by Gasteiger charge is 2.09. The quantitative estimate of drug-likeness (QED) is 0.713. The molecule has 1 heterocycles. The minimum Gasteiger partial charge on any atom is -0.481 e. The van der Waals surface area contributed by atoms with Gasteiger partial charge in [-0.3, -0.25) is 19.4 Å². The third-order valence-electron chi connectivity index (χ3n) is 1.72. The first kappa shape index (κ1) is 9.57. The van der Waals surface area contributed by atoms with Crippen LogP contribution in [0.5, 0.6) is 0 Å². The van der Waals surface area contributed by atoms with Gasteiger partial charge < -0.3 is 5.11 Å². The Balaban J connectivity index is 2.97. The van der Waals surface area contributed by atoms with E-state index < -0.39 is 5.97 Å². The summed E-state index contributed by atoms with van der Waals surface area (Å²) >= 11 is 0. The van der Waals surface area contributed by atoms with Gasteiger partial charge in [-0.25, -0.2) is 0 Å². The van der Waals surface area contributed by atoms with Crippen LogP contribution in [0.1, 0.15) is 25.5 Å². The smallest absolute Gasteiger partial charge is 0.308 e. The fraction of sp³-hybridized carbons (Fsp3) is 0.500. The molecule has 5 heteroatoms. The molecular formula is C8H12N2O3. The van der Waals surface area contributed by atoms with Gasteiger partial charge in [0.15, 0.2) is 0 Å². The molecule has 1 aromatic rings. The van der Waals surface area contributed by atoms with Crippen molar-refractivity contribution in [2.45, 2.75) is 26.3 Å². The molecule has 0 fully saturated rings. The van der Waals surface area contributed by atoms with Gasteiger partial charge in [0.25, 0.3) is 5.56 Å². The second kappa shape index (κ2) is 3.47. The van der Waals surface area contributed by atoms with Crippen molar-refractivity contribution in [3.8, 4) is 0 Å². The molecule has 0 aliphatic rings. The molecule has 5 nitrogen and oxygen atoms in total. The Kier molecular flexibility index (Phi) is 2.55. The highest BCUT2D eigenvalue weighted by Crippen LogP contribution is 2.01.